The van der Waals surface area contributed by atoms with Crippen molar-refractivity contribution in [1.29, 1.82) is 0 Å². The second-order valence-electron chi connectivity index (χ2n) is 10.5. The van der Waals surface area contributed by atoms with Gasteiger partial charge in [0.15, 0.2) is 0 Å². The quantitative estimate of drug-likeness (QED) is 0.181. The molecule has 8 heteroatoms. The summed E-state index contributed by atoms with van der Waals surface area (Å²) in [5.41, 5.74) is 0. The van der Waals surface area contributed by atoms with Crippen LogP contribution in [-0.2, 0) is 43.8 Å². The van der Waals surface area contributed by atoms with Crippen LogP contribution in [-0.4, -0.2) is 32.3 Å². The lowest BCUT2D eigenvalue weighted by Crippen LogP contribution is -3.00. The molecule has 0 N–H and O–H groups in total. The number of imidazole rings is 2. The summed E-state index contributed by atoms with van der Waals surface area (Å²) in [4.78, 5) is 6.22. The highest BCUT2D eigenvalue weighted by Crippen LogP contribution is 2.44. The summed E-state index contributed by atoms with van der Waals surface area (Å²) in [6.07, 6.45) is 22.8. The number of rotatable bonds is 8. The van der Waals surface area contributed by atoms with Crippen molar-refractivity contribution in [2.75, 3.05) is 18.1 Å². The minimum atomic E-state index is 0. The van der Waals surface area contributed by atoms with E-state index in [1.807, 2.05) is 28.9 Å². The van der Waals surface area contributed by atoms with Gasteiger partial charge >= 0.3 is 0 Å². The van der Waals surface area contributed by atoms with Gasteiger partial charge < -0.3 is 38.0 Å². The maximum Gasteiger partial charge on any atom is 0.282 e. The van der Waals surface area contributed by atoms with Gasteiger partial charge in [0, 0.05) is 19.4 Å². The van der Waals surface area contributed by atoms with Gasteiger partial charge in [0.2, 0.25) is 0 Å². The lowest BCUT2D eigenvalue weighted by atomic mass is 9.95. The normalized spacial score (nSPS) is 28.5. The summed E-state index contributed by atoms with van der Waals surface area (Å²) in [5, 5.41) is 0. The van der Waals surface area contributed by atoms with Crippen LogP contribution in [0.1, 0.15) is 37.3 Å². The molecule has 0 aliphatic heterocycles. The van der Waals surface area contributed by atoms with Gasteiger partial charge in [-0.25, -0.2) is 14.1 Å². The third-order valence-electron chi connectivity index (χ3n) is 8.21. The minimum absolute atomic E-state index is 0. The predicted octanol–water partition coefficient (Wildman–Crippen LogP) is 1.78. The van der Waals surface area contributed by atoms with Crippen LogP contribution < -0.4 is 28.5 Å². The molecule has 0 amide bonds. The van der Waals surface area contributed by atoms with Crippen LogP contribution in [0.3, 0.4) is 0 Å². The molecule has 2 saturated carbocycles. The fraction of sp³-hybridized carbons (Fsp3) is 0.643. The molecule has 0 radical (unpaired) electrons. The molecular weight excluding hydrogens is 678 g/mol. The molecule has 36 heavy (non-hydrogen) atoms. The van der Waals surface area contributed by atoms with E-state index in [0.717, 1.165) is 61.2 Å². The average Bonchev–Trinajstić information content (AvgIpc) is 3.71. The monoisotopic (exact) mass is 720 g/mol. The van der Waals surface area contributed by atoms with E-state index >= 15 is 0 Å². The summed E-state index contributed by atoms with van der Waals surface area (Å²) < 4.78 is 17.9. The van der Waals surface area contributed by atoms with Crippen molar-refractivity contribution < 1.29 is 38.0 Å². The molecule has 0 saturated heterocycles. The van der Waals surface area contributed by atoms with Crippen molar-refractivity contribution >= 4 is 22.6 Å². The number of alkyl halides is 1. The number of hydrogen-bond donors (Lipinski definition) is 0. The lowest BCUT2D eigenvalue weighted by molar-refractivity contribution is -0.680. The lowest BCUT2D eigenvalue weighted by Gasteiger charge is -2.17. The topological polar surface area (TPSA) is 45.1 Å². The van der Waals surface area contributed by atoms with E-state index in [9.17, 15) is 0 Å². The van der Waals surface area contributed by atoms with Gasteiger partial charge in [-0.1, -0.05) is 46.9 Å². The van der Waals surface area contributed by atoms with Gasteiger partial charge in [-0.2, -0.15) is 0 Å². The van der Waals surface area contributed by atoms with Gasteiger partial charge in [0.1, 0.15) is 31.4 Å². The molecule has 0 aromatic carbocycles. The summed E-state index contributed by atoms with van der Waals surface area (Å²) in [6, 6.07) is 0. The van der Waals surface area contributed by atoms with Crippen LogP contribution in [0, 0.1) is 35.5 Å². The first kappa shape index (κ1) is 29.8. The second-order valence-corrected chi connectivity index (χ2v) is 10.5. The summed E-state index contributed by atoms with van der Waals surface area (Å²) in [7, 11) is 6.14. The Bertz CT molecular complexity index is 982. The van der Waals surface area contributed by atoms with Crippen LogP contribution in [0.4, 0.5) is 0 Å². The Hall–Kier alpha value is -0.720. The number of nitrogens with zero attached hydrogens (tertiary/aromatic N) is 4. The molecule has 6 rings (SSSR count). The summed E-state index contributed by atoms with van der Waals surface area (Å²) in [5.74, 6) is 7.01. The molecule has 4 aliphatic rings. The number of aryl methyl sites for hydroxylation is 3. The van der Waals surface area contributed by atoms with E-state index in [2.05, 4.69) is 87.5 Å². The SMILES string of the molecule is CI.Cn1cc[n+](C)c1COCC1CC2C=CC1C2.Cn1ccnc1COCC1CC2C=CC1C2.[I-]. The molecule has 2 heterocycles. The third kappa shape index (κ3) is 7.44. The standard InChI is InChI=1S/C14H21N2O.C13H18N2O.CH3I.HI/c1-15-5-6-16(2)14(15)10-17-9-13-8-11-3-4-12(13)7-11;1-15-5-4-14-13(15)9-16-8-12-7-10-2-3-11(12)6-10;1-2;/h3-6,11-13H,7-10H2,1-2H3;2-5,10-12H,6-9H2,1H3;1H3;1H/q+1;;;/p-1. The Morgan fingerprint density at radius 3 is 1.86 bits per heavy atom. The molecule has 6 unspecified atom stereocenters. The zero-order valence-electron chi connectivity index (χ0n) is 22.1. The van der Waals surface area contributed by atoms with Crippen LogP contribution in [0.2, 0.25) is 0 Å². The largest absolute Gasteiger partial charge is 1.00 e. The molecule has 2 fully saturated rings. The fourth-order valence-electron chi connectivity index (χ4n) is 6.14. The highest BCUT2D eigenvalue weighted by Gasteiger charge is 2.36. The Labute approximate surface area is 247 Å². The molecule has 6 nitrogen and oxygen atoms in total. The molecular formula is C28H42I2N4O2. The van der Waals surface area contributed by atoms with Crippen LogP contribution in [0.15, 0.2) is 49.1 Å². The average molecular weight is 720 g/mol. The number of aromatic nitrogens is 4. The maximum absolute atomic E-state index is 5.90. The van der Waals surface area contributed by atoms with E-state index in [1.54, 1.807) is 0 Å². The van der Waals surface area contributed by atoms with Gasteiger partial charge in [-0.3, -0.25) is 0 Å². The highest BCUT2D eigenvalue weighted by molar-refractivity contribution is 14.1. The van der Waals surface area contributed by atoms with Gasteiger partial charge in [-0.05, 0) is 66.1 Å². The summed E-state index contributed by atoms with van der Waals surface area (Å²) >= 11 is 2.15. The Morgan fingerprint density at radius 2 is 1.44 bits per heavy atom. The van der Waals surface area contributed by atoms with Gasteiger partial charge in [0.25, 0.3) is 5.82 Å². The number of hydrogen-bond acceptors (Lipinski definition) is 3. The number of ether oxygens (including phenoxy) is 2. The Balaban J connectivity index is 0.000000183. The molecule has 4 bridgehead atoms. The molecule has 6 atom stereocenters. The number of allylic oxidation sites excluding steroid dienone is 4. The highest BCUT2D eigenvalue weighted by atomic mass is 127. The molecule has 2 aromatic heterocycles. The Morgan fingerprint density at radius 1 is 0.861 bits per heavy atom. The van der Waals surface area contributed by atoms with Crippen molar-refractivity contribution in [3.8, 4) is 0 Å². The van der Waals surface area contributed by atoms with Crippen LogP contribution in [0.25, 0.3) is 0 Å². The number of fused-ring (bicyclic) bond motifs is 4. The van der Waals surface area contributed by atoms with Crippen LogP contribution in [0.5, 0.6) is 0 Å². The molecule has 0 spiro atoms. The second kappa shape index (κ2) is 14.4. The van der Waals surface area contributed by atoms with Crippen molar-refractivity contribution in [3.63, 3.8) is 0 Å². The molecule has 4 aliphatic carbocycles. The Kier molecular flexibility index (Phi) is 12.0. The van der Waals surface area contributed by atoms with E-state index in [-0.39, 0.29) is 24.0 Å². The molecule has 2 aromatic rings. The number of halogens is 2. The fourth-order valence-corrected chi connectivity index (χ4v) is 6.14. The minimum Gasteiger partial charge on any atom is -1.00 e. The first-order valence-electron chi connectivity index (χ1n) is 12.9. The first-order chi connectivity index (χ1) is 17.1. The zero-order chi connectivity index (χ0) is 24.8. The maximum atomic E-state index is 5.90. The summed E-state index contributed by atoms with van der Waals surface area (Å²) in [6.45, 7) is 3.16. The van der Waals surface area contributed by atoms with Gasteiger partial charge in [-0.15, -0.1) is 0 Å². The predicted molar refractivity (Wildman–Crippen MR) is 147 cm³/mol. The third-order valence-corrected chi connectivity index (χ3v) is 8.21. The van der Waals surface area contributed by atoms with Gasteiger partial charge in [0.05, 0.1) is 27.3 Å². The van der Waals surface area contributed by atoms with Crippen molar-refractivity contribution in [1.82, 2.24) is 14.1 Å². The van der Waals surface area contributed by atoms with Crippen molar-refractivity contribution in [3.05, 3.63) is 60.7 Å². The molecule has 200 valence electrons. The van der Waals surface area contributed by atoms with Crippen molar-refractivity contribution in [2.24, 2.45) is 56.7 Å². The smallest absolute Gasteiger partial charge is 0.282 e. The van der Waals surface area contributed by atoms with E-state index in [0.29, 0.717) is 6.61 Å². The first-order valence-corrected chi connectivity index (χ1v) is 15.1. The van der Waals surface area contributed by atoms with E-state index < -0.39 is 0 Å². The van der Waals surface area contributed by atoms with Crippen molar-refractivity contribution in [2.45, 2.75) is 38.9 Å². The zero-order valence-corrected chi connectivity index (χ0v) is 26.4. The van der Waals surface area contributed by atoms with E-state index in [4.69, 9.17) is 9.47 Å². The van der Waals surface area contributed by atoms with E-state index in [1.165, 1.54) is 31.5 Å². The van der Waals surface area contributed by atoms with Crippen LogP contribution >= 0.6 is 22.6 Å².